The predicted molar refractivity (Wildman–Crippen MR) is 91.8 cm³/mol. The first kappa shape index (κ1) is 17.2. The molecule has 2 fully saturated rings. The van der Waals surface area contributed by atoms with Gasteiger partial charge in [0.2, 0.25) is 0 Å². The van der Waals surface area contributed by atoms with Crippen LogP contribution in [0.25, 0.3) is 0 Å². The average molecular weight is 334 g/mol. The van der Waals surface area contributed by atoms with Crippen molar-refractivity contribution < 1.29 is 19.0 Å². The van der Waals surface area contributed by atoms with Gasteiger partial charge in [0, 0.05) is 19.2 Å². The molecule has 2 aliphatic rings. The molecular formula is C16H23BN2O5. The molecule has 0 radical (unpaired) electrons. The van der Waals surface area contributed by atoms with Crippen LogP contribution in [0.3, 0.4) is 0 Å². The van der Waals surface area contributed by atoms with E-state index < -0.39 is 18.3 Å². The molecular weight excluding hydrogens is 311 g/mol. The van der Waals surface area contributed by atoms with Crippen molar-refractivity contribution >= 4 is 24.0 Å². The summed E-state index contributed by atoms with van der Waals surface area (Å²) in [4.78, 5) is 13.2. The van der Waals surface area contributed by atoms with Gasteiger partial charge < -0.3 is 18.9 Å². The van der Waals surface area contributed by atoms with Crippen LogP contribution in [0.15, 0.2) is 18.2 Å². The van der Waals surface area contributed by atoms with E-state index in [0.29, 0.717) is 37.5 Å². The molecule has 0 amide bonds. The van der Waals surface area contributed by atoms with Gasteiger partial charge in [-0.3, -0.25) is 10.1 Å². The van der Waals surface area contributed by atoms with Crippen molar-refractivity contribution in [2.45, 2.75) is 38.9 Å². The highest BCUT2D eigenvalue weighted by Crippen LogP contribution is 2.37. The molecule has 0 aliphatic carbocycles. The van der Waals surface area contributed by atoms with Crippen molar-refractivity contribution in [2.24, 2.45) is 0 Å². The molecule has 0 atom stereocenters. The van der Waals surface area contributed by atoms with E-state index in [0.717, 1.165) is 0 Å². The van der Waals surface area contributed by atoms with Crippen LogP contribution in [-0.4, -0.2) is 49.5 Å². The average Bonchev–Trinajstić information content (AvgIpc) is 2.75. The summed E-state index contributed by atoms with van der Waals surface area (Å²) in [7, 11) is -0.604. The number of morpholine rings is 1. The molecule has 130 valence electrons. The van der Waals surface area contributed by atoms with Crippen LogP contribution in [0.1, 0.15) is 27.7 Å². The maximum absolute atomic E-state index is 11.6. The fourth-order valence-electron chi connectivity index (χ4n) is 2.88. The van der Waals surface area contributed by atoms with Crippen LogP contribution >= 0.6 is 0 Å². The van der Waals surface area contributed by atoms with E-state index >= 15 is 0 Å². The fraction of sp³-hybridized carbons (Fsp3) is 0.625. The molecule has 3 rings (SSSR count). The molecule has 2 saturated heterocycles. The Morgan fingerprint density at radius 2 is 1.71 bits per heavy atom. The third-order valence-electron chi connectivity index (χ3n) is 5.07. The first-order chi connectivity index (χ1) is 11.2. The number of nitrogens with zero attached hydrogens (tertiary/aromatic N) is 2. The number of ether oxygens (including phenoxy) is 1. The lowest BCUT2D eigenvalue weighted by atomic mass is 9.78. The van der Waals surface area contributed by atoms with E-state index in [2.05, 4.69) is 0 Å². The number of benzene rings is 1. The minimum atomic E-state index is -0.604. The number of hydrogen-bond acceptors (Lipinski definition) is 6. The Balaban J connectivity index is 1.91. The molecule has 7 nitrogen and oxygen atoms in total. The molecule has 0 bridgehead atoms. The van der Waals surface area contributed by atoms with Crippen LogP contribution in [0, 0.1) is 10.1 Å². The van der Waals surface area contributed by atoms with Crippen molar-refractivity contribution in [1.29, 1.82) is 0 Å². The van der Waals surface area contributed by atoms with E-state index in [-0.39, 0.29) is 10.6 Å². The van der Waals surface area contributed by atoms with Crippen LogP contribution < -0.4 is 10.4 Å². The maximum atomic E-state index is 11.6. The Morgan fingerprint density at radius 3 is 2.25 bits per heavy atom. The molecule has 0 N–H and O–H groups in total. The maximum Gasteiger partial charge on any atom is 0.495 e. The summed E-state index contributed by atoms with van der Waals surface area (Å²) < 4.78 is 17.3. The number of anilines is 1. The SMILES string of the molecule is CC1(C)OB(c2ccc(N3CCOCC3)c([N+](=O)[O-])c2)OC1(C)C. The van der Waals surface area contributed by atoms with E-state index in [4.69, 9.17) is 14.0 Å². The Morgan fingerprint density at radius 1 is 1.12 bits per heavy atom. The summed E-state index contributed by atoms with van der Waals surface area (Å²) in [6, 6.07) is 5.19. The Labute approximate surface area is 142 Å². The van der Waals surface area contributed by atoms with Gasteiger partial charge in [-0.2, -0.15) is 0 Å². The molecule has 0 spiro atoms. The highest BCUT2D eigenvalue weighted by molar-refractivity contribution is 6.62. The minimum absolute atomic E-state index is 0.0733. The van der Waals surface area contributed by atoms with E-state index in [1.807, 2.05) is 38.7 Å². The Bertz CT molecular complexity index is 627. The molecule has 24 heavy (non-hydrogen) atoms. The van der Waals surface area contributed by atoms with Crippen LogP contribution in [0.5, 0.6) is 0 Å². The monoisotopic (exact) mass is 334 g/mol. The standard InChI is InChI=1S/C16H23BN2O5/c1-15(2)16(3,4)24-17(23-15)12-5-6-13(14(11-12)19(20)21)18-7-9-22-10-8-18/h5-6,11H,7-10H2,1-4H3. The number of nitro groups is 1. The summed E-state index contributed by atoms with van der Waals surface area (Å²) in [5.74, 6) is 0. The highest BCUT2D eigenvalue weighted by Gasteiger charge is 2.52. The molecule has 1 aromatic rings. The second-order valence-corrected chi connectivity index (χ2v) is 7.19. The molecule has 0 unspecified atom stereocenters. The summed E-state index contributed by atoms with van der Waals surface area (Å²) in [5, 5.41) is 11.6. The Hall–Kier alpha value is -1.64. The zero-order chi connectivity index (χ0) is 17.5. The van der Waals surface area contributed by atoms with E-state index in [1.54, 1.807) is 12.1 Å². The van der Waals surface area contributed by atoms with Gasteiger partial charge in [-0.05, 0) is 39.2 Å². The number of hydrogen-bond donors (Lipinski definition) is 0. The molecule has 1 aromatic carbocycles. The van der Waals surface area contributed by atoms with Gasteiger partial charge in [0.15, 0.2) is 0 Å². The van der Waals surface area contributed by atoms with Gasteiger partial charge in [0.05, 0.1) is 29.3 Å². The smallest absolute Gasteiger partial charge is 0.399 e. The second kappa shape index (κ2) is 6.02. The molecule has 2 heterocycles. The van der Waals surface area contributed by atoms with Gasteiger partial charge in [0.1, 0.15) is 5.69 Å². The molecule has 8 heteroatoms. The van der Waals surface area contributed by atoms with Gasteiger partial charge in [-0.25, -0.2) is 0 Å². The van der Waals surface area contributed by atoms with Gasteiger partial charge >= 0.3 is 7.12 Å². The summed E-state index contributed by atoms with van der Waals surface area (Å²) >= 11 is 0. The summed E-state index contributed by atoms with van der Waals surface area (Å²) in [6.07, 6.45) is 0. The van der Waals surface area contributed by atoms with E-state index in [9.17, 15) is 10.1 Å². The first-order valence-corrected chi connectivity index (χ1v) is 8.18. The second-order valence-electron chi connectivity index (χ2n) is 7.19. The van der Waals surface area contributed by atoms with Crippen LogP contribution in [0.2, 0.25) is 0 Å². The molecule has 2 aliphatic heterocycles. The van der Waals surface area contributed by atoms with Gasteiger partial charge in [0.25, 0.3) is 5.69 Å². The fourth-order valence-corrected chi connectivity index (χ4v) is 2.88. The Kier molecular flexibility index (Phi) is 4.31. The summed E-state index contributed by atoms with van der Waals surface area (Å²) in [5.41, 5.74) is 0.398. The minimum Gasteiger partial charge on any atom is -0.399 e. The number of rotatable bonds is 3. The molecule has 0 saturated carbocycles. The van der Waals surface area contributed by atoms with Crippen molar-refractivity contribution in [3.63, 3.8) is 0 Å². The van der Waals surface area contributed by atoms with Crippen molar-refractivity contribution in [1.82, 2.24) is 0 Å². The van der Waals surface area contributed by atoms with Crippen molar-refractivity contribution in [3.8, 4) is 0 Å². The van der Waals surface area contributed by atoms with Gasteiger partial charge in [-0.15, -0.1) is 0 Å². The third kappa shape index (κ3) is 3.01. The largest absolute Gasteiger partial charge is 0.495 e. The quantitative estimate of drug-likeness (QED) is 0.476. The summed E-state index contributed by atoms with van der Waals surface area (Å²) in [6.45, 7) is 10.3. The third-order valence-corrected chi connectivity index (χ3v) is 5.07. The van der Waals surface area contributed by atoms with Crippen LogP contribution in [-0.2, 0) is 14.0 Å². The highest BCUT2D eigenvalue weighted by atomic mass is 16.7. The zero-order valence-corrected chi connectivity index (χ0v) is 14.6. The first-order valence-electron chi connectivity index (χ1n) is 8.18. The van der Waals surface area contributed by atoms with Crippen molar-refractivity contribution in [2.75, 3.05) is 31.2 Å². The number of nitro benzene ring substituents is 1. The zero-order valence-electron chi connectivity index (χ0n) is 14.6. The van der Waals surface area contributed by atoms with Crippen LogP contribution in [0.4, 0.5) is 11.4 Å². The lowest BCUT2D eigenvalue weighted by molar-refractivity contribution is -0.384. The lowest BCUT2D eigenvalue weighted by Crippen LogP contribution is -2.41. The topological polar surface area (TPSA) is 74.1 Å². The van der Waals surface area contributed by atoms with Crippen molar-refractivity contribution in [3.05, 3.63) is 28.3 Å². The van der Waals surface area contributed by atoms with Gasteiger partial charge in [-0.1, -0.05) is 6.07 Å². The van der Waals surface area contributed by atoms with E-state index in [1.165, 1.54) is 0 Å². The molecule has 0 aromatic heterocycles. The predicted octanol–water partition coefficient (Wildman–Crippen LogP) is 1.73. The lowest BCUT2D eigenvalue weighted by Gasteiger charge is -2.32. The normalized spacial score (nSPS) is 22.7.